The minimum absolute atomic E-state index is 0.0556. The van der Waals surface area contributed by atoms with Crippen molar-refractivity contribution in [2.45, 2.75) is 18.9 Å². The average molecular weight is 264 g/mol. The molecule has 0 spiro atoms. The second-order valence-corrected chi connectivity index (χ2v) is 4.68. The Labute approximate surface area is 107 Å². The van der Waals surface area contributed by atoms with Crippen molar-refractivity contribution < 1.29 is 24.2 Å². The summed E-state index contributed by atoms with van der Waals surface area (Å²) in [5.41, 5.74) is -0.111. The molecule has 1 aliphatic rings. The molecule has 0 saturated carbocycles. The first-order valence-corrected chi connectivity index (χ1v) is 6.60. The lowest BCUT2D eigenvalue weighted by atomic mass is 10.1. The second-order valence-electron chi connectivity index (χ2n) is 3.60. The predicted molar refractivity (Wildman–Crippen MR) is 60.9 cm³/mol. The summed E-state index contributed by atoms with van der Waals surface area (Å²) >= 11 is 0. The van der Waals surface area contributed by atoms with Gasteiger partial charge < -0.3 is 24.2 Å². The molecule has 2 radical (unpaired) electrons. The van der Waals surface area contributed by atoms with Gasteiger partial charge in [0, 0.05) is 6.61 Å². The van der Waals surface area contributed by atoms with Crippen LogP contribution in [0.2, 0.25) is 6.04 Å². The maximum atomic E-state index is 10.2. The zero-order chi connectivity index (χ0) is 13.4. The molecule has 0 aromatic heterocycles. The first-order chi connectivity index (χ1) is 8.61. The predicted octanol–water partition coefficient (Wildman–Crippen LogP) is -0.752. The number of carbonyl (C=O) groups is 2. The Balaban J connectivity index is 0.000000225. The van der Waals surface area contributed by atoms with Crippen molar-refractivity contribution in [1.82, 2.24) is 0 Å². The van der Waals surface area contributed by atoms with Gasteiger partial charge in [0.1, 0.15) is 0 Å². The van der Waals surface area contributed by atoms with E-state index in [1.54, 1.807) is 0 Å². The molecule has 18 heavy (non-hydrogen) atoms. The van der Waals surface area contributed by atoms with Crippen LogP contribution in [0, 0.1) is 0 Å². The van der Waals surface area contributed by atoms with Gasteiger partial charge in [0.2, 0.25) is 9.76 Å². The van der Waals surface area contributed by atoms with Crippen LogP contribution in [-0.4, -0.2) is 28.3 Å². The molecule has 1 aromatic rings. The molecule has 0 atom stereocenters. The number of carboxylic acids is 2. The second kappa shape index (κ2) is 7.62. The fraction of sp³-hybridized carbons (Fsp3) is 0.333. The Morgan fingerprint density at radius 1 is 1.00 bits per heavy atom. The van der Waals surface area contributed by atoms with Gasteiger partial charge in [0.15, 0.2) is 0 Å². The van der Waals surface area contributed by atoms with Crippen molar-refractivity contribution in [3.05, 3.63) is 35.4 Å². The summed E-state index contributed by atoms with van der Waals surface area (Å²) in [6, 6.07) is 5.92. The van der Waals surface area contributed by atoms with Crippen LogP contribution in [0.25, 0.3) is 0 Å². The van der Waals surface area contributed by atoms with E-state index in [1.807, 2.05) is 0 Å². The van der Waals surface area contributed by atoms with Gasteiger partial charge in [0.05, 0.1) is 11.9 Å². The fourth-order valence-electron chi connectivity index (χ4n) is 1.26. The number of carbonyl (C=O) groups excluding carboxylic acids is 2. The smallest absolute Gasteiger partial charge is 0.229 e. The number of benzene rings is 1. The van der Waals surface area contributed by atoms with Crippen molar-refractivity contribution >= 4 is 21.7 Å². The zero-order valence-corrected chi connectivity index (χ0v) is 10.7. The molecule has 0 amide bonds. The minimum atomic E-state index is -1.33. The van der Waals surface area contributed by atoms with Crippen LogP contribution in [0.4, 0.5) is 0 Å². The summed E-state index contributed by atoms with van der Waals surface area (Å²) in [6.45, 7) is 1.01. The maximum absolute atomic E-state index is 10.2. The van der Waals surface area contributed by atoms with Crippen molar-refractivity contribution in [2.24, 2.45) is 0 Å². The van der Waals surface area contributed by atoms with Crippen molar-refractivity contribution in [2.75, 3.05) is 6.61 Å². The Morgan fingerprint density at radius 3 is 1.67 bits per heavy atom. The molecule has 2 rings (SSSR count). The van der Waals surface area contributed by atoms with Crippen molar-refractivity contribution in [3.63, 3.8) is 0 Å². The SMILES string of the molecule is C1CC[Si]OC1.O=C([O-])c1ccc(C(=O)[O-])cc1. The summed E-state index contributed by atoms with van der Waals surface area (Å²) in [6.07, 6.45) is 2.67. The van der Waals surface area contributed by atoms with Crippen LogP contribution in [0.15, 0.2) is 24.3 Å². The van der Waals surface area contributed by atoms with Gasteiger partial charge in [-0.15, -0.1) is 0 Å². The highest BCUT2D eigenvalue weighted by Gasteiger charge is 1.97. The van der Waals surface area contributed by atoms with E-state index >= 15 is 0 Å². The lowest BCUT2D eigenvalue weighted by molar-refractivity contribution is -0.256. The summed E-state index contributed by atoms with van der Waals surface area (Å²) in [7, 11) is 0.802. The number of aromatic carboxylic acids is 2. The molecular formula is C12H12O5Si-2. The summed E-state index contributed by atoms with van der Waals surface area (Å²) in [5, 5.41) is 20.4. The molecule has 1 saturated heterocycles. The van der Waals surface area contributed by atoms with Gasteiger partial charge in [-0.1, -0.05) is 30.7 Å². The van der Waals surface area contributed by atoms with E-state index in [1.165, 1.54) is 18.9 Å². The maximum Gasteiger partial charge on any atom is 0.229 e. The average Bonchev–Trinajstić information content (AvgIpc) is 2.41. The number of hydrogen-bond donors (Lipinski definition) is 0. The highest BCUT2D eigenvalue weighted by Crippen LogP contribution is 2.02. The van der Waals surface area contributed by atoms with Crippen LogP contribution >= 0.6 is 0 Å². The minimum Gasteiger partial charge on any atom is -0.545 e. The van der Waals surface area contributed by atoms with Crippen LogP contribution in [0.3, 0.4) is 0 Å². The molecule has 1 aromatic carbocycles. The third kappa shape index (κ3) is 5.11. The number of carboxylic acid groups (broad SMARTS) is 2. The van der Waals surface area contributed by atoms with Gasteiger partial charge in [0.25, 0.3) is 0 Å². The first-order valence-electron chi connectivity index (χ1n) is 5.48. The monoisotopic (exact) mass is 264 g/mol. The normalized spacial score (nSPS) is 14.2. The Bertz CT molecular complexity index is 353. The molecule has 1 heterocycles. The van der Waals surface area contributed by atoms with E-state index in [4.69, 9.17) is 4.43 Å². The van der Waals surface area contributed by atoms with Crippen LogP contribution < -0.4 is 10.2 Å². The molecule has 0 unspecified atom stereocenters. The lowest BCUT2D eigenvalue weighted by Crippen LogP contribution is -2.24. The Morgan fingerprint density at radius 2 is 1.50 bits per heavy atom. The van der Waals surface area contributed by atoms with Crippen molar-refractivity contribution in [3.8, 4) is 0 Å². The van der Waals surface area contributed by atoms with Crippen LogP contribution in [0.1, 0.15) is 33.6 Å². The topological polar surface area (TPSA) is 89.5 Å². The van der Waals surface area contributed by atoms with Gasteiger partial charge in [-0.25, -0.2) is 0 Å². The molecule has 1 fully saturated rings. The van der Waals surface area contributed by atoms with E-state index in [9.17, 15) is 19.8 Å². The summed E-state index contributed by atoms with van der Waals surface area (Å²) in [4.78, 5) is 20.4. The van der Waals surface area contributed by atoms with E-state index < -0.39 is 11.9 Å². The fourth-order valence-corrected chi connectivity index (χ4v) is 2.09. The van der Waals surface area contributed by atoms with Crippen LogP contribution in [-0.2, 0) is 4.43 Å². The third-order valence-corrected chi connectivity index (χ3v) is 3.20. The lowest BCUT2D eigenvalue weighted by Gasteiger charge is -2.06. The third-order valence-electron chi connectivity index (χ3n) is 2.23. The van der Waals surface area contributed by atoms with Crippen LogP contribution in [0.5, 0.6) is 0 Å². The molecule has 0 bridgehead atoms. The van der Waals surface area contributed by atoms with Crippen molar-refractivity contribution in [1.29, 1.82) is 0 Å². The van der Waals surface area contributed by atoms with Gasteiger partial charge in [-0.3, -0.25) is 0 Å². The largest absolute Gasteiger partial charge is 0.545 e. The van der Waals surface area contributed by atoms with E-state index in [2.05, 4.69) is 0 Å². The highest BCUT2D eigenvalue weighted by molar-refractivity contribution is 6.27. The number of rotatable bonds is 2. The highest BCUT2D eigenvalue weighted by atomic mass is 28.2. The van der Waals surface area contributed by atoms with Gasteiger partial charge >= 0.3 is 0 Å². The van der Waals surface area contributed by atoms with E-state index in [-0.39, 0.29) is 11.1 Å². The zero-order valence-electron chi connectivity index (χ0n) is 9.68. The molecular weight excluding hydrogens is 252 g/mol. The standard InChI is InChI=1S/C8H6O4.C4H8OSi/c9-7(10)5-1-2-6(4-3-5)8(11)12;1-2-4-6-5-3-1/h1-4H,(H,9,10)(H,11,12);1-4H2/p-2. The van der Waals surface area contributed by atoms with Gasteiger partial charge in [-0.05, 0) is 23.6 Å². The Hall–Kier alpha value is -1.66. The molecule has 1 aliphatic heterocycles. The molecule has 0 aliphatic carbocycles. The summed E-state index contributed by atoms with van der Waals surface area (Å²) in [5.74, 6) is -2.67. The number of hydrogen-bond acceptors (Lipinski definition) is 5. The molecule has 6 heteroatoms. The molecule has 96 valence electrons. The summed E-state index contributed by atoms with van der Waals surface area (Å²) < 4.78 is 5.10. The van der Waals surface area contributed by atoms with Gasteiger partial charge in [-0.2, -0.15) is 0 Å². The quantitative estimate of drug-likeness (QED) is 0.655. The first kappa shape index (κ1) is 14.4. The van der Waals surface area contributed by atoms with E-state index in [0.717, 1.165) is 40.6 Å². The van der Waals surface area contributed by atoms with E-state index in [0.29, 0.717) is 0 Å². The molecule has 5 nitrogen and oxygen atoms in total. The molecule has 0 N–H and O–H groups in total. The Kier molecular flexibility index (Phi) is 6.10.